The highest BCUT2D eigenvalue weighted by atomic mass is 16.2. The van der Waals surface area contributed by atoms with Crippen LogP contribution in [0.2, 0.25) is 0 Å². The Morgan fingerprint density at radius 1 is 1.17 bits per heavy atom. The molecule has 0 radical (unpaired) electrons. The van der Waals surface area contributed by atoms with Crippen LogP contribution in [0, 0.1) is 13.8 Å². The van der Waals surface area contributed by atoms with Gasteiger partial charge in [0.1, 0.15) is 6.54 Å². The smallest absolute Gasteiger partial charge is 0.244 e. The number of aryl methyl sites for hydroxylation is 2. The molecule has 1 aromatic heterocycles. The maximum absolute atomic E-state index is 12.4. The molecule has 4 heteroatoms. The molecule has 23 heavy (non-hydrogen) atoms. The quantitative estimate of drug-likeness (QED) is 0.747. The fourth-order valence-corrected chi connectivity index (χ4v) is 2.71. The van der Waals surface area contributed by atoms with Crippen molar-refractivity contribution in [2.75, 3.05) is 5.32 Å². The van der Waals surface area contributed by atoms with Crippen LogP contribution in [0.4, 0.5) is 5.69 Å². The van der Waals surface area contributed by atoms with Gasteiger partial charge < -0.3 is 9.88 Å². The first-order valence-electron chi connectivity index (χ1n) is 7.48. The number of carbonyl (C=O) groups excluding carboxylic acids is 2. The summed E-state index contributed by atoms with van der Waals surface area (Å²) in [5.74, 6) is -0.114. The summed E-state index contributed by atoms with van der Waals surface area (Å²) in [6, 6.07) is 13.5. The van der Waals surface area contributed by atoms with Crippen molar-refractivity contribution in [2.24, 2.45) is 0 Å². The Balaban J connectivity index is 1.86. The Labute approximate surface area is 134 Å². The van der Waals surface area contributed by atoms with Gasteiger partial charge in [-0.2, -0.15) is 0 Å². The van der Waals surface area contributed by atoms with Gasteiger partial charge in [-0.05, 0) is 37.1 Å². The van der Waals surface area contributed by atoms with E-state index in [9.17, 15) is 9.59 Å². The predicted molar refractivity (Wildman–Crippen MR) is 91.9 cm³/mol. The Kier molecular flexibility index (Phi) is 3.98. The zero-order valence-corrected chi connectivity index (χ0v) is 13.2. The number of hydrogen-bond donors (Lipinski definition) is 1. The first kappa shape index (κ1) is 15.0. The molecule has 0 fully saturated rings. The van der Waals surface area contributed by atoms with Gasteiger partial charge in [-0.15, -0.1) is 0 Å². The molecule has 0 spiro atoms. The van der Waals surface area contributed by atoms with Crippen molar-refractivity contribution in [1.29, 1.82) is 0 Å². The standard InChI is InChI=1S/C19H18N2O2/c1-13-7-8-14(2)17(9-13)20-19(23)11-21-10-15(12-22)16-5-3-4-6-18(16)21/h3-10,12H,11H2,1-2H3,(H,20,23). The number of hydrogen-bond acceptors (Lipinski definition) is 2. The highest BCUT2D eigenvalue weighted by Crippen LogP contribution is 2.21. The molecule has 1 N–H and O–H groups in total. The molecule has 2 aromatic carbocycles. The van der Waals surface area contributed by atoms with Gasteiger partial charge in [0.25, 0.3) is 0 Å². The number of benzene rings is 2. The minimum absolute atomic E-state index is 0.114. The molecule has 0 aliphatic carbocycles. The number of nitrogens with zero attached hydrogens (tertiary/aromatic N) is 1. The third-order valence-corrected chi connectivity index (χ3v) is 3.93. The lowest BCUT2D eigenvalue weighted by Crippen LogP contribution is -2.18. The van der Waals surface area contributed by atoms with E-state index in [1.807, 2.05) is 56.3 Å². The number of anilines is 1. The average molecular weight is 306 g/mol. The lowest BCUT2D eigenvalue weighted by atomic mass is 10.1. The molecule has 0 aliphatic rings. The van der Waals surface area contributed by atoms with Crippen molar-refractivity contribution in [3.05, 3.63) is 65.4 Å². The summed E-state index contributed by atoms with van der Waals surface area (Å²) in [6.45, 7) is 4.12. The molecule has 0 unspecified atom stereocenters. The van der Waals surface area contributed by atoms with E-state index in [0.717, 1.165) is 34.0 Å². The highest BCUT2D eigenvalue weighted by molar-refractivity contribution is 5.99. The first-order chi connectivity index (χ1) is 11.1. The van der Waals surface area contributed by atoms with E-state index in [4.69, 9.17) is 0 Å². The van der Waals surface area contributed by atoms with E-state index in [1.54, 1.807) is 10.8 Å². The molecule has 0 atom stereocenters. The lowest BCUT2D eigenvalue weighted by molar-refractivity contribution is -0.116. The van der Waals surface area contributed by atoms with Gasteiger partial charge in [-0.3, -0.25) is 9.59 Å². The maximum atomic E-state index is 12.4. The number of carbonyl (C=O) groups is 2. The van der Waals surface area contributed by atoms with E-state index in [2.05, 4.69) is 5.32 Å². The average Bonchev–Trinajstić information content (AvgIpc) is 2.89. The molecule has 3 aromatic rings. The molecule has 0 saturated heterocycles. The van der Waals surface area contributed by atoms with Crippen LogP contribution in [-0.2, 0) is 11.3 Å². The molecule has 0 aliphatic heterocycles. The second kappa shape index (κ2) is 6.08. The second-order valence-corrected chi connectivity index (χ2v) is 5.71. The molecule has 0 saturated carbocycles. The van der Waals surface area contributed by atoms with Crippen LogP contribution in [0.5, 0.6) is 0 Å². The van der Waals surface area contributed by atoms with Crippen molar-refractivity contribution in [3.63, 3.8) is 0 Å². The maximum Gasteiger partial charge on any atom is 0.244 e. The summed E-state index contributed by atoms with van der Waals surface area (Å²) in [5.41, 5.74) is 4.42. The molecule has 1 heterocycles. The topological polar surface area (TPSA) is 51.1 Å². The van der Waals surface area contributed by atoms with Crippen molar-refractivity contribution in [3.8, 4) is 0 Å². The Morgan fingerprint density at radius 2 is 1.96 bits per heavy atom. The third-order valence-electron chi connectivity index (χ3n) is 3.93. The van der Waals surface area contributed by atoms with E-state index in [-0.39, 0.29) is 12.5 Å². The number of nitrogens with one attached hydrogen (secondary N) is 1. The van der Waals surface area contributed by atoms with Gasteiger partial charge in [-0.1, -0.05) is 30.3 Å². The second-order valence-electron chi connectivity index (χ2n) is 5.71. The molecular weight excluding hydrogens is 288 g/mol. The van der Waals surface area contributed by atoms with Gasteiger partial charge in [-0.25, -0.2) is 0 Å². The van der Waals surface area contributed by atoms with E-state index >= 15 is 0 Å². The van der Waals surface area contributed by atoms with Crippen molar-refractivity contribution in [1.82, 2.24) is 4.57 Å². The number of aromatic nitrogens is 1. The molecule has 3 rings (SSSR count). The SMILES string of the molecule is Cc1ccc(C)c(NC(=O)Cn2cc(C=O)c3ccccc32)c1. The Hall–Kier alpha value is -2.88. The number of fused-ring (bicyclic) bond motifs is 1. The minimum Gasteiger partial charge on any atom is -0.337 e. The highest BCUT2D eigenvalue weighted by Gasteiger charge is 2.11. The van der Waals surface area contributed by atoms with Gasteiger partial charge in [0.2, 0.25) is 5.91 Å². The van der Waals surface area contributed by atoms with Crippen LogP contribution in [0.15, 0.2) is 48.7 Å². The van der Waals surface area contributed by atoms with Crippen LogP contribution in [-0.4, -0.2) is 16.8 Å². The summed E-state index contributed by atoms with van der Waals surface area (Å²) >= 11 is 0. The van der Waals surface area contributed by atoms with E-state index in [0.29, 0.717) is 5.56 Å². The third kappa shape index (κ3) is 3.01. The normalized spacial score (nSPS) is 10.7. The lowest BCUT2D eigenvalue weighted by Gasteiger charge is -2.10. The Morgan fingerprint density at radius 3 is 2.74 bits per heavy atom. The molecule has 4 nitrogen and oxygen atoms in total. The van der Waals surface area contributed by atoms with Crippen LogP contribution in [0.1, 0.15) is 21.5 Å². The summed E-state index contributed by atoms with van der Waals surface area (Å²) < 4.78 is 1.81. The molecular formula is C19H18N2O2. The van der Waals surface area contributed by atoms with Gasteiger partial charge in [0.05, 0.1) is 0 Å². The first-order valence-corrected chi connectivity index (χ1v) is 7.48. The Bertz CT molecular complexity index is 894. The van der Waals surface area contributed by atoms with Crippen LogP contribution in [0.3, 0.4) is 0 Å². The van der Waals surface area contributed by atoms with Gasteiger partial charge in [0.15, 0.2) is 6.29 Å². The largest absolute Gasteiger partial charge is 0.337 e. The van der Waals surface area contributed by atoms with Gasteiger partial charge in [0, 0.05) is 28.4 Å². The fourth-order valence-electron chi connectivity index (χ4n) is 2.71. The number of para-hydroxylation sites is 1. The summed E-state index contributed by atoms with van der Waals surface area (Å²) in [6.07, 6.45) is 2.54. The minimum atomic E-state index is -0.114. The zero-order valence-electron chi connectivity index (χ0n) is 13.2. The number of rotatable bonds is 4. The fraction of sp³-hybridized carbons (Fsp3) is 0.158. The summed E-state index contributed by atoms with van der Waals surface area (Å²) in [4.78, 5) is 23.5. The van der Waals surface area contributed by atoms with Crippen LogP contribution in [0.25, 0.3) is 10.9 Å². The monoisotopic (exact) mass is 306 g/mol. The number of aldehydes is 1. The molecule has 0 bridgehead atoms. The predicted octanol–water partition coefficient (Wildman–Crippen LogP) is 3.71. The van der Waals surface area contributed by atoms with Gasteiger partial charge >= 0.3 is 0 Å². The number of amides is 1. The van der Waals surface area contributed by atoms with Crippen LogP contribution >= 0.6 is 0 Å². The zero-order chi connectivity index (χ0) is 16.4. The molecule has 1 amide bonds. The summed E-state index contributed by atoms with van der Waals surface area (Å²) in [7, 11) is 0. The summed E-state index contributed by atoms with van der Waals surface area (Å²) in [5, 5.41) is 3.81. The van der Waals surface area contributed by atoms with Crippen molar-refractivity contribution >= 4 is 28.8 Å². The van der Waals surface area contributed by atoms with E-state index in [1.165, 1.54) is 0 Å². The van der Waals surface area contributed by atoms with Crippen molar-refractivity contribution in [2.45, 2.75) is 20.4 Å². The van der Waals surface area contributed by atoms with E-state index < -0.39 is 0 Å². The molecule has 116 valence electrons. The van der Waals surface area contributed by atoms with Crippen molar-refractivity contribution < 1.29 is 9.59 Å². The van der Waals surface area contributed by atoms with Crippen LogP contribution < -0.4 is 5.32 Å².